The average Bonchev–Trinajstić information content (AvgIpc) is 3.24. The monoisotopic (exact) mass is 387 g/mol. The summed E-state index contributed by atoms with van der Waals surface area (Å²) in [6.45, 7) is 5.38. The van der Waals surface area contributed by atoms with Crippen LogP contribution in [0.1, 0.15) is 38.5 Å². The summed E-state index contributed by atoms with van der Waals surface area (Å²) in [5, 5.41) is 8.80. The first-order valence-electron chi connectivity index (χ1n) is 10.6. The summed E-state index contributed by atoms with van der Waals surface area (Å²) in [4.78, 5) is 29.1. The van der Waals surface area contributed by atoms with Gasteiger partial charge in [0.25, 0.3) is 0 Å². The smallest absolute Gasteiger partial charge is 0.319 e. The van der Waals surface area contributed by atoms with Gasteiger partial charge in [0.1, 0.15) is 0 Å². The zero-order valence-corrected chi connectivity index (χ0v) is 16.7. The van der Waals surface area contributed by atoms with E-state index in [1.165, 1.54) is 25.9 Å². The summed E-state index contributed by atoms with van der Waals surface area (Å²) < 4.78 is 0. The Kier molecular flexibility index (Phi) is 7.96. The first kappa shape index (κ1) is 20.5. The van der Waals surface area contributed by atoms with E-state index in [1.807, 2.05) is 35.2 Å². The van der Waals surface area contributed by atoms with Crippen LogP contribution in [-0.2, 0) is 0 Å². The normalized spacial score (nSPS) is 20.0. The molecule has 2 heterocycles. The maximum atomic E-state index is 12.6. The fourth-order valence-electron chi connectivity index (χ4n) is 3.99. The van der Waals surface area contributed by atoms with Crippen LogP contribution in [-0.4, -0.2) is 67.2 Å². The van der Waals surface area contributed by atoms with E-state index in [0.717, 1.165) is 44.5 Å². The lowest BCUT2D eigenvalue weighted by molar-refractivity contribution is 0.149. The van der Waals surface area contributed by atoms with Crippen LogP contribution in [0, 0.1) is 0 Å². The standard InChI is InChI=1S/C21H33N5O2/c27-20(24-18-9-2-1-3-10-18)23-17-19-11-4-5-16-26(19)21(28)22-12-8-15-25-13-6-7-14-25/h1-3,9-10,19H,4-8,11-17H2,(H,22,28)(H2,23,24,27)/t19-/m1/s1. The molecule has 1 aromatic carbocycles. The highest BCUT2D eigenvalue weighted by Gasteiger charge is 2.26. The number of likely N-dealkylation sites (tertiary alicyclic amines) is 2. The van der Waals surface area contributed by atoms with E-state index in [-0.39, 0.29) is 18.1 Å². The second-order valence-corrected chi connectivity index (χ2v) is 7.68. The van der Waals surface area contributed by atoms with Gasteiger partial charge in [-0.1, -0.05) is 18.2 Å². The lowest BCUT2D eigenvalue weighted by Crippen LogP contribution is -2.53. The highest BCUT2D eigenvalue weighted by Crippen LogP contribution is 2.17. The molecule has 0 aromatic heterocycles. The third-order valence-electron chi connectivity index (χ3n) is 5.54. The average molecular weight is 388 g/mol. The van der Waals surface area contributed by atoms with Gasteiger partial charge in [0, 0.05) is 25.3 Å². The molecule has 2 fully saturated rings. The molecule has 4 amide bonds. The molecule has 1 aromatic rings. The lowest BCUT2D eigenvalue weighted by atomic mass is 10.0. The molecule has 1 atom stereocenters. The Morgan fingerprint density at radius 3 is 2.50 bits per heavy atom. The van der Waals surface area contributed by atoms with Gasteiger partial charge in [-0.3, -0.25) is 0 Å². The van der Waals surface area contributed by atoms with E-state index in [9.17, 15) is 9.59 Å². The molecule has 0 saturated carbocycles. The fraction of sp³-hybridized carbons (Fsp3) is 0.619. The number of anilines is 1. The molecule has 0 spiro atoms. The molecule has 154 valence electrons. The van der Waals surface area contributed by atoms with Crippen LogP contribution in [0.15, 0.2) is 30.3 Å². The van der Waals surface area contributed by atoms with Gasteiger partial charge >= 0.3 is 12.1 Å². The van der Waals surface area contributed by atoms with Crippen molar-refractivity contribution in [3.63, 3.8) is 0 Å². The van der Waals surface area contributed by atoms with Crippen LogP contribution in [0.5, 0.6) is 0 Å². The Labute approximate surface area is 167 Å². The minimum atomic E-state index is -0.234. The molecule has 7 nitrogen and oxygen atoms in total. The number of urea groups is 2. The first-order chi connectivity index (χ1) is 13.7. The summed E-state index contributed by atoms with van der Waals surface area (Å²) >= 11 is 0. The van der Waals surface area contributed by atoms with Gasteiger partial charge in [0.05, 0.1) is 6.04 Å². The minimum absolute atomic E-state index is 0.00334. The number of para-hydroxylation sites is 1. The van der Waals surface area contributed by atoms with Crippen LogP contribution in [0.3, 0.4) is 0 Å². The maximum absolute atomic E-state index is 12.6. The van der Waals surface area contributed by atoms with Gasteiger partial charge < -0.3 is 25.8 Å². The largest absolute Gasteiger partial charge is 0.338 e. The predicted octanol–water partition coefficient (Wildman–Crippen LogP) is 2.86. The first-order valence-corrected chi connectivity index (χ1v) is 10.6. The van der Waals surface area contributed by atoms with Gasteiger partial charge in [-0.15, -0.1) is 0 Å². The summed E-state index contributed by atoms with van der Waals surface area (Å²) in [7, 11) is 0. The summed E-state index contributed by atoms with van der Waals surface area (Å²) in [5.74, 6) is 0. The van der Waals surface area contributed by atoms with Crippen LogP contribution in [0.4, 0.5) is 15.3 Å². The Morgan fingerprint density at radius 1 is 0.964 bits per heavy atom. The van der Waals surface area contributed by atoms with E-state index in [0.29, 0.717) is 13.1 Å². The summed E-state index contributed by atoms with van der Waals surface area (Å²) in [5.41, 5.74) is 0.760. The van der Waals surface area contributed by atoms with Crippen molar-refractivity contribution in [3.8, 4) is 0 Å². The van der Waals surface area contributed by atoms with Crippen molar-refractivity contribution in [3.05, 3.63) is 30.3 Å². The number of benzene rings is 1. The van der Waals surface area contributed by atoms with Gasteiger partial charge in [0.15, 0.2) is 0 Å². The van der Waals surface area contributed by atoms with Gasteiger partial charge in [-0.2, -0.15) is 0 Å². The number of amides is 4. The Hall–Kier alpha value is -2.28. The molecule has 0 aliphatic carbocycles. The quantitative estimate of drug-likeness (QED) is 0.630. The number of carbonyl (C=O) groups excluding carboxylic acids is 2. The second-order valence-electron chi connectivity index (χ2n) is 7.68. The van der Waals surface area contributed by atoms with Crippen LogP contribution in [0.2, 0.25) is 0 Å². The van der Waals surface area contributed by atoms with Crippen LogP contribution >= 0.6 is 0 Å². The highest BCUT2D eigenvalue weighted by atomic mass is 16.2. The third-order valence-corrected chi connectivity index (χ3v) is 5.54. The number of piperidine rings is 1. The van der Waals surface area contributed by atoms with Crippen molar-refractivity contribution in [2.45, 2.75) is 44.6 Å². The van der Waals surface area contributed by atoms with Crippen molar-refractivity contribution < 1.29 is 9.59 Å². The topological polar surface area (TPSA) is 76.7 Å². The molecular formula is C21H33N5O2. The number of rotatable bonds is 7. The molecule has 28 heavy (non-hydrogen) atoms. The lowest BCUT2D eigenvalue weighted by Gasteiger charge is -2.35. The summed E-state index contributed by atoms with van der Waals surface area (Å²) in [6, 6.07) is 9.18. The number of hydrogen-bond acceptors (Lipinski definition) is 3. The molecule has 2 aliphatic rings. The maximum Gasteiger partial charge on any atom is 0.319 e. The third kappa shape index (κ3) is 6.41. The molecule has 0 bridgehead atoms. The van der Waals surface area contributed by atoms with Gasteiger partial charge in [-0.05, 0) is 70.3 Å². The molecular weight excluding hydrogens is 354 g/mol. The minimum Gasteiger partial charge on any atom is -0.338 e. The van der Waals surface area contributed by atoms with Gasteiger partial charge in [-0.25, -0.2) is 9.59 Å². The SMILES string of the molecule is O=C(NC[C@H]1CCCCN1C(=O)NCCCN1CCCC1)Nc1ccccc1. The highest BCUT2D eigenvalue weighted by molar-refractivity contribution is 5.89. The van der Waals surface area contributed by atoms with Crippen LogP contribution < -0.4 is 16.0 Å². The van der Waals surface area contributed by atoms with Crippen LogP contribution in [0.25, 0.3) is 0 Å². The predicted molar refractivity (Wildman–Crippen MR) is 111 cm³/mol. The van der Waals surface area contributed by atoms with E-state index in [2.05, 4.69) is 20.9 Å². The second kappa shape index (κ2) is 10.9. The number of hydrogen-bond donors (Lipinski definition) is 3. The zero-order valence-electron chi connectivity index (χ0n) is 16.7. The summed E-state index contributed by atoms with van der Waals surface area (Å²) in [6.07, 6.45) is 6.62. The molecule has 7 heteroatoms. The molecule has 2 aliphatic heterocycles. The van der Waals surface area contributed by atoms with Crippen molar-refractivity contribution in [1.82, 2.24) is 20.4 Å². The Balaban J connectivity index is 1.38. The molecule has 0 unspecified atom stereocenters. The van der Waals surface area contributed by atoms with Crippen molar-refractivity contribution in [1.29, 1.82) is 0 Å². The number of nitrogens with one attached hydrogen (secondary N) is 3. The van der Waals surface area contributed by atoms with E-state index in [1.54, 1.807) is 0 Å². The molecule has 0 radical (unpaired) electrons. The molecule has 2 saturated heterocycles. The Morgan fingerprint density at radius 2 is 1.71 bits per heavy atom. The van der Waals surface area contributed by atoms with Crippen molar-refractivity contribution >= 4 is 17.7 Å². The van der Waals surface area contributed by atoms with Crippen molar-refractivity contribution in [2.24, 2.45) is 0 Å². The Bertz CT molecular complexity index is 618. The molecule has 3 N–H and O–H groups in total. The zero-order chi connectivity index (χ0) is 19.6. The van der Waals surface area contributed by atoms with Gasteiger partial charge in [0.2, 0.25) is 0 Å². The van der Waals surface area contributed by atoms with Crippen molar-refractivity contribution in [2.75, 3.05) is 44.6 Å². The van der Waals surface area contributed by atoms with E-state index in [4.69, 9.17) is 0 Å². The molecule has 3 rings (SSSR count). The van der Waals surface area contributed by atoms with E-state index >= 15 is 0 Å². The van der Waals surface area contributed by atoms with E-state index < -0.39 is 0 Å². The number of nitrogens with zero attached hydrogens (tertiary/aromatic N) is 2. The fourth-order valence-corrected chi connectivity index (χ4v) is 3.99. The number of carbonyl (C=O) groups is 2.